The molecule has 0 amide bonds. The van der Waals surface area contributed by atoms with Gasteiger partial charge in [-0.3, -0.25) is 0 Å². The molecule has 94 valence electrons. The summed E-state index contributed by atoms with van der Waals surface area (Å²) in [5.41, 5.74) is -0.531. The van der Waals surface area contributed by atoms with Gasteiger partial charge in [0.15, 0.2) is 0 Å². The summed E-state index contributed by atoms with van der Waals surface area (Å²) in [4.78, 5) is 6.68. The van der Waals surface area contributed by atoms with Crippen LogP contribution in [0.15, 0.2) is 21.2 Å². The summed E-state index contributed by atoms with van der Waals surface area (Å²) >= 11 is 6.94. The van der Waals surface area contributed by atoms with E-state index in [4.69, 9.17) is 0 Å². The zero-order chi connectivity index (χ0) is 12.5. The fourth-order valence-electron chi connectivity index (χ4n) is 2.12. The molecule has 1 aromatic rings. The highest BCUT2D eigenvalue weighted by Gasteiger charge is 2.26. The average Bonchev–Trinajstić information content (AvgIpc) is 2.40. The minimum absolute atomic E-state index is 0.531. The molecule has 2 rings (SSSR count). The number of nitrogens with zero attached hydrogens (tertiary/aromatic N) is 2. The molecule has 1 saturated heterocycles. The van der Waals surface area contributed by atoms with Crippen LogP contribution >= 0.6 is 31.9 Å². The lowest BCUT2D eigenvalue weighted by molar-refractivity contribution is 0.0481. The van der Waals surface area contributed by atoms with Crippen molar-refractivity contribution in [3.05, 3.63) is 21.2 Å². The van der Waals surface area contributed by atoms with Crippen LogP contribution in [0.1, 0.15) is 26.2 Å². The van der Waals surface area contributed by atoms with E-state index in [1.165, 1.54) is 0 Å². The Morgan fingerprint density at radius 2 is 2.12 bits per heavy atom. The minimum Gasteiger partial charge on any atom is -0.390 e. The topological polar surface area (TPSA) is 36.4 Å². The maximum absolute atomic E-state index is 10.1. The van der Waals surface area contributed by atoms with E-state index >= 15 is 0 Å². The molecule has 0 bridgehead atoms. The first-order chi connectivity index (χ1) is 7.98. The predicted molar refractivity (Wildman–Crippen MR) is 76.3 cm³/mol. The molecule has 1 fully saturated rings. The van der Waals surface area contributed by atoms with Crippen LogP contribution in [0.5, 0.6) is 0 Å². The second kappa shape index (κ2) is 5.24. The zero-order valence-corrected chi connectivity index (χ0v) is 13.0. The van der Waals surface area contributed by atoms with Crippen molar-refractivity contribution >= 4 is 37.7 Å². The summed E-state index contributed by atoms with van der Waals surface area (Å²) in [6.45, 7) is 3.71. The normalized spacial score (nSPS) is 25.8. The third kappa shape index (κ3) is 3.42. The minimum atomic E-state index is -0.531. The van der Waals surface area contributed by atoms with E-state index in [0.717, 1.165) is 47.1 Å². The van der Waals surface area contributed by atoms with Gasteiger partial charge in [-0.2, -0.15) is 0 Å². The van der Waals surface area contributed by atoms with E-state index in [2.05, 4.69) is 41.7 Å². The molecule has 0 spiro atoms. The van der Waals surface area contributed by atoms with E-state index in [9.17, 15) is 5.11 Å². The number of halogens is 2. The van der Waals surface area contributed by atoms with Gasteiger partial charge in [0.1, 0.15) is 5.82 Å². The Bertz CT molecular complexity index is 409. The van der Waals surface area contributed by atoms with Gasteiger partial charge < -0.3 is 10.0 Å². The number of pyridine rings is 1. The summed E-state index contributed by atoms with van der Waals surface area (Å²) in [5, 5.41) is 10.1. The van der Waals surface area contributed by atoms with Gasteiger partial charge in [-0.05, 0) is 64.1 Å². The number of hydrogen-bond donors (Lipinski definition) is 1. The molecule has 1 aliphatic heterocycles. The average molecular weight is 364 g/mol. The van der Waals surface area contributed by atoms with Crippen molar-refractivity contribution in [2.24, 2.45) is 0 Å². The fourth-order valence-corrected chi connectivity index (χ4v) is 3.35. The Labute approximate surface area is 118 Å². The summed E-state index contributed by atoms with van der Waals surface area (Å²) in [6, 6.07) is 2.01. The smallest absolute Gasteiger partial charge is 0.142 e. The van der Waals surface area contributed by atoms with Crippen molar-refractivity contribution in [1.82, 2.24) is 4.98 Å². The highest BCUT2D eigenvalue weighted by atomic mass is 79.9. The van der Waals surface area contributed by atoms with Crippen molar-refractivity contribution in [1.29, 1.82) is 0 Å². The lowest BCUT2D eigenvalue weighted by atomic mass is 9.98. The van der Waals surface area contributed by atoms with Gasteiger partial charge in [0.25, 0.3) is 0 Å². The number of anilines is 1. The number of aromatic nitrogens is 1. The Morgan fingerprint density at radius 1 is 1.35 bits per heavy atom. The van der Waals surface area contributed by atoms with E-state index in [0.29, 0.717) is 0 Å². The summed E-state index contributed by atoms with van der Waals surface area (Å²) in [5.74, 6) is 0.964. The summed E-state index contributed by atoms with van der Waals surface area (Å²) in [6.07, 6.45) is 4.45. The Balaban J connectivity index is 2.17. The second-order valence-corrected chi connectivity index (χ2v) is 6.57. The van der Waals surface area contributed by atoms with Crippen LogP contribution in [-0.2, 0) is 0 Å². The van der Waals surface area contributed by atoms with Gasteiger partial charge in [0.2, 0.25) is 0 Å². The third-order valence-electron chi connectivity index (χ3n) is 3.15. The molecule has 17 heavy (non-hydrogen) atoms. The monoisotopic (exact) mass is 362 g/mol. The Kier molecular flexibility index (Phi) is 4.10. The first kappa shape index (κ1) is 13.3. The molecule has 2 heterocycles. The molecule has 5 heteroatoms. The van der Waals surface area contributed by atoms with Gasteiger partial charge in [0, 0.05) is 23.8 Å². The van der Waals surface area contributed by atoms with Crippen LogP contribution in [-0.4, -0.2) is 28.8 Å². The summed E-state index contributed by atoms with van der Waals surface area (Å²) in [7, 11) is 0. The highest BCUT2D eigenvalue weighted by molar-refractivity contribution is 9.11. The lowest BCUT2D eigenvalue weighted by Gasteiger charge is -2.24. The van der Waals surface area contributed by atoms with Crippen molar-refractivity contribution < 1.29 is 5.11 Å². The number of aliphatic hydroxyl groups is 1. The van der Waals surface area contributed by atoms with E-state index in [1.54, 1.807) is 0 Å². The van der Waals surface area contributed by atoms with Gasteiger partial charge in [-0.1, -0.05) is 0 Å². The molecule has 1 atom stereocenters. The van der Waals surface area contributed by atoms with Crippen LogP contribution in [0, 0.1) is 0 Å². The van der Waals surface area contributed by atoms with Crippen molar-refractivity contribution in [2.45, 2.75) is 31.8 Å². The molecule has 1 unspecified atom stereocenters. The molecule has 1 N–H and O–H groups in total. The van der Waals surface area contributed by atoms with Crippen LogP contribution in [0.4, 0.5) is 5.82 Å². The van der Waals surface area contributed by atoms with Crippen LogP contribution in [0.25, 0.3) is 0 Å². The maximum Gasteiger partial charge on any atom is 0.142 e. The zero-order valence-electron chi connectivity index (χ0n) is 9.79. The molecule has 1 aromatic heterocycles. The molecule has 0 aliphatic carbocycles. The van der Waals surface area contributed by atoms with Crippen molar-refractivity contribution in [3.8, 4) is 0 Å². The standard InChI is InChI=1S/C12H16Br2N2O/c1-12(17)3-2-5-16(6-4-12)11-10(14)7-9(13)8-15-11/h7-8,17H,2-6H2,1H3. The SMILES string of the molecule is CC1(O)CCCN(c2ncc(Br)cc2Br)CC1. The van der Waals surface area contributed by atoms with Crippen LogP contribution in [0.2, 0.25) is 0 Å². The van der Waals surface area contributed by atoms with Crippen LogP contribution in [0.3, 0.4) is 0 Å². The highest BCUT2D eigenvalue weighted by Crippen LogP contribution is 2.30. The van der Waals surface area contributed by atoms with Crippen LogP contribution < -0.4 is 4.90 Å². The molecule has 0 saturated carbocycles. The third-order valence-corrected chi connectivity index (χ3v) is 4.17. The molecular formula is C12H16Br2N2O. The van der Waals surface area contributed by atoms with Gasteiger partial charge >= 0.3 is 0 Å². The fraction of sp³-hybridized carbons (Fsp3) is 0.583. The number of rotatable bonds is 1. The van der Waals surface area contributed by atoms with Gasteiger partial charge in [-0.25, -0.2) is 4.98 Å². The largest absolute Gasteiger partial charge is 0.390 e. The Morgan fingerprint density at radius 3 is 2.82 bits per heavy atom. The second-order valence-electron chi connectivity index (χ2n) is 4.80. The first-order valence-electron chi connectivity index (χ1n) is 5.76. The quantitative estimate of drug-likeness (QED) is 0.831. The first-order valence-corrected chi connectivity index (χ1v) is 7.35. The molecule has 0 aromatic carbocycles. The number of hydrogen-bond acceptors (Lipinski definition) is 3. The van der Waals surface area contributed by atoms with Crippen molar-refractivity contribution in [2.75, 3.05) is 18.0 Å². The molecule has 3 nitrogen and oxygen atoms in total. The maximum atomic E-state index is 10.1. The molecule has 0 radical (unpaired) electrons. The molecule has 1 aliphatic rings. The van der Waals surface area contributed by atoms with Crippen molar-refractivity contribution in [3.63, 3.8) is 0 Å². The van der Waals surface area contributed by atoms with E-state index < -0.39 is 5.60 Å². The van der Waals surface area contributed by atoms with E-state index in [-0.39, 0.29) is 0 Å². The van der Waals surface area contributed by atoms with Gasteiger partial charge in [0.05, 0.1) is 10.1 Å². The molecular weight excluding hydrogens is 348 g/mol. The predicted octanol–water partition coefficient (Wildman–Crippen LogP) is 3.35. The van der Waals surface area contributed by atoms with Gasteiger partial charge in [-0.15, -0.1) is 0 Å². The lowest BCUT2D eigenvalue weighted by Crippen LogP contribution is -2.29. The van der Waals surface area contributed by atoms with E-state index in [1.807, 2.05) is 19.2 Å². The summed E-state index contributed by atoms with van der Waals surface area (Å²) < 4.78 is 1.96. The Hall–Kier alpha value is -0.130.